The summed E-state index contributed by atoms with van der Waals surface area (Å²) in [5, 5.41) is 13.2. The number of nitrogens with two attached hydrogens (primary N) is 1. The predicted molar refractivity (Wildman–Crippen MR) is 107 cm³/mol. The molecular formula is C18H11ClFN7S. The van der Waals surface area contributed by atoms with Gasteiger partial charge in [-0.25, -0.2) is 24.3 Å². The molecular weight excluding hydrogens is 401 g/mol. The van der Waals surface area contributed by atoms with Crippen LogP contribution in [0.25, 0.3) is 20.8 Å². The van der Waals surface area contributed by atoms with Crippen LogP contribution in [0, 0.1) is 24.1 Å². The van der Waals surface area contributed by atoms with Crippen molar-refractivity contribution in [1.29, 1.82) is 5.26 Å². The highest BCUT2D eigenvalue weighted by atomic mass is 35.5. The molecule has 0 fully saturated rings. The summed E-state index contributed by atoms with van der Waals surface area (Å²) in [6.45, 7) is 1.71. The van der Waals surface area contributed by atoms with Gasteiger partial charge in [-0.3, -0.25) is 0 Å². The Morgan fingerprint density at radius 3 is 2.86 bits per heavy atom. The number of nitriles is 1. The first-order chi connectivity index (χ1) is 13.5. The zero-order valence-electron chi connectivity index (χ0n) is 14.4. The third-order valence-corrected chi connectivity index (χ3v) is 5.22. The molecule has 3 heterocycles. The van der Waals surface area contributed by atoms with Gasteiger partial charge in [-0.2, -0.15) is 5.26 Å². The molecule has 4 aromatic rings. The molecule has 0 radical (unpaired) electrons. The van der Waals surface area contributed by atoms with Crippen molar-refractivity contribution in [3.63, 3.8) is 0 Å². The molecule has 138 valence electrons. The Hall–Kier alpha value is -3.35. The Morgan fingerprint density at radius 1 is 1.29 bits per heavy atom. The normalized spacial score (nSPS) is 10.8. The first-order valence-corrected chi connectivity index (χ1v) is 9.18. The fourth-order valence-electron chi connectivity index (χ4n) is 2.69. The second-order valence-corrected chi connectivity index (χ2v) is 7.18. The van der Waals surface area contributed by atoms with Crippen molar-refractivity contribution in [3.05, 3.63) is 52.7 Å². The van der Waals surface area contributed by atoms with E-state index in [9.17, 15) is 9.65 Å². The molecule has 3 aromatic heterocycles. The molecule has 0 aliphatic carbocycles. The number of hydrogen-bond donors (Lipinski definition) is 2. The van der Waals surface area contributed by atoms with E-state index in [1.807, 2.05) is 0 Å². The maximum atomic E-state index is 14.4. The van der Waals surface area contributed by atoms with E-state index in [1.165, 1.54) is 11.3 Å². The van der Waals surface area contributed by atoms with E-state index in [2.05, 4.69) is 31.3 Å². The van der Waals surface area contributed by atoms with Crippen molar-refractivity contribution in [2.75, 3.05) is 11.1 Å². The number of hydrogen-bond acceptors (Lipinski definition) is 8. The van der Waals surface area contributed by atoms with Crippen LogP contribution in [0.2, 0.25) is 5.02 Å². The number of nitrogen functional groups attached to an aromatic ring is 1. The number of pyridine rings is 1. The molecule has 0 aliphatic heterocycles. The second kappa shape index (κ2) is 6.99. The highest BCUT2D eigenvalue weighted by molar-refractivity contribution is 7.22. The van der Waals surface area contributed by atoms with Gasteiger partial charge in [0.05, 0.1) is 22.9 Å². The fraction of sp³-hybridized carbons (Fsp3) is 0.0556. The minimum Gasteiger partial charge on any atom is -0.384 e. The second-order valence-electron chi connectivity index (χ2n) is 5.78. The molecule has 0 saturated carbocycles. The molecule has 0 aliphatic rings. The molecule has 0 unspecified atom stereocenters. The summed E-state index contributed by atoms with van der Waals surface area (Å²) in [5.74, 6) is 1.000. The average molecular weight is 412 g/mol. The van der Waals surface area contributed by atoms with Crippen LogP contribution in [-0.2, 0) is 0 Å². The van der Waals surface area contributed by atoms with E-state index in [1.54, 1.807) is 31.2 Å². The number of anilines is 3. The standard InChI is InChI=1S/C18H11ClFN7S/c1-8-24-12(22)5-13(25-8)26-17-16-15(11(20)7-23-17)27-18(28-16)14-9(6-21)3-2-4-10(14)19/h2-5,7H,1H3,(H3,22,23,24,25,26). The Balaban J connectivity index is 1.88. The van der Waals surface area contributed by atoms with Crippen LogP contribution in [-0.4, -0.2) is 19.9 Å². The molecule has 0 atom stereocenters. The number of nitrogens with one attached hydrogen (secondary N) is 1. The van der Waals surface area contributed by atoms with E-state index in [0.717, 1.165) is 6.20 Å². The van der Waals surface area contributed by atoms with Gasteiger partial charge in [0.25, 0.3) is 0 Å². The van der Waals surface area contributed by atoms with Gasteiger partial charge in [0.2, 0.25) is 0 Å². The first kappa shape index (κ1) is 18.0. The maximum Gasteiger partial charge on any atom is 0.168 e. The Morgan fingerprint density at radius 2 is 2.11 bits per heavy atom. The number of fused-ring (bicyclic) bond motifs is 1. The molecule has 3 N–H and O–H groups in total. The molecule has 0 saturated heterocycles. The molecule has 0 spiro atoms. The molecule has 1 aromatic carbocycles. The molecule has 0 amide bonds. The van der Waals surface area contributed by atoms with Crippen LogP contribution in [0.1, 0.15) is 11.4 Å². The number of nitrogens with zero attached hydrogens (tertiary/aromatic N) is 5. The SMILES string of the molecule is Cc1nc(N)cc(Nc2ncc(F)c3nc(-c4c(Cl)cccc4C#N)sc23)n1. The first-order valence-electron chi connectivity index (χ1n) is 7.98. The van der Waals surface area contributed by atoms with Gasteiger partial charge in [0.1, 0.15) is 32.7 Å². The number of aromatic nitrogens is 4. The van der Waals surface area contributed by atoms with E-state index in [4.69, 9.17) is 17.3 Å². The van der Waals surface area contributed by atoms with Crippen molar-refractivity contribution in [2.24, 2.45) is 0 Å². The molecule has 10 heteroatoms. The Bertz CT molecular complexity index is 1240. The lowest BCUT2D eigenvalue weighted by atomic mass is 10.1. The number of thiazole rings is 1. The van der Waals surface area contributed by atoms with Crippen molar-refractivity contribution in [2.45, 2.75) is 6.92 Å². The van der Waals surface area contributed by atoms with Crippen molar-refractivity contribution >= 4 is 50.6 Å². The number of aryl methyl sites for hydroxylation is 1. The summed E-state index contributed by atoms with van der Waals surface area (Å²) in [7, 11) is 0. The molecule has 7 nitrogen and oxygen atoms in total. The summed E-state index contributed by atoms with van der Waals surface area (Å²) >= 11 is 7.45. The highest BCUT2D eigenvalue weighted by Gasteiger charge is 2.19. The van der Waals surface area contributed by atoms with Crippen LogP contribution < -0.4 is 11.1 Å². The minimum absolute atomic E-state index is 0.125. The lowest BCUT2D eigenvalue weighted by molar-refractivity contribution is 0.632. The third-order valence-electron chi connectivity index (χ3n) is 3.83. The number of benzene rings is 1. The zero-order chi connectivity index (χ0) is 19.8. The van der Waals surface area contributed by atoms with Crippen LogP contribution in [0.4, 0.5) is 21.8 Å². The summed E-state index contributed by atoms with van der Waals surface area (Å²) < 4.78 is 14.8. The van der Waals surface area contributed by atoms with E-state index >= 15 is 0 Å². The number of halogens is 2. The third kappa shape index (κ3) is 3.19. The largest absolute Gasteiger partial charge is 0.384 e. The monoisotopic (exact) mass is 411 g/mol. The quantitative estimate of drug-likeness (QED) is 0.512. The van der Waals surface area contributed by atoms with E-state index in [0.29, 0.717) is 49.1 Å². The van der Waals surface area contributed by atoms with Crippen LogP contribution in [0.15, 0.2) is 30.5 Å². The van der Waals surface area contributed by atoms with Crippen molar-refractivity contribution in [1.82, 2.24) is 19.9 Å². The van der Waals surface area contributed by atoms with Crippen LogP contribution in [0.5, 0.6) is 0 Å². The van der Waals surface area contributed by atoms with Gasteiger partial charge in [-0.15, -0.1) is 11.3 Å². The summed E-state index contributed by atoms with van der Waals surface area (Å²) in [6.07, 6.45) is 1.07. The Labute approximate surface area is 167 Å². The van der Waals surface area contributed by atoms with Crippen LogP contribution >= 0.6 is 22.9 Å². The number of rotatable bonds is 3. The van der Waals surface area contributed by atoms with Gasteiger partial charge in [-0.05, 0) is 19.1 Å². The predicted octanol–water partition coefficient (Wildman–Crippen LogP) is 4.45. The lowest BCUT2D eigenvalue weighted by Crippen LogP contribution is -2.02. The van der Waals surface area contributed by atoms with E-state index < -0.39 is 5.82 Å². The smallest absolute Gasteiger partial charge is 0.168 e. The minimum atomic E-state index is -0.577. The van der Waals surface area contributed by atoms with E-state index in [-0.39, 0.29) is 5.52 Å². The fourth-order valence-corrected chi connectivity index (χ4v) is 4.10. The maximum absolute atomic E-state index is 14.4. The van der Waals surface area contributed by atoms with Gasteiger partial charge in [0.15, 0.2) is 11.6 Å². The van der Waals surface area contributed by atoms with Crippen molar-refractivity contribution in [3.8, 4) is 16.6 Å². The Kier molecular flexibility index (Phi) is 4.50. The lowest BCUT2D eigenvalue weighted by Gasteiger charge is -2.07. The van der Waals surface area contributed by atoms with Crippen LogP contribution in [0.3, 0.4) is 0 Å². The molecule has 28 heavy (non-hydrogen) atoms. The van der Waals surface area contributed by atoms with Gasteiger partial charge in [0, 0.05) is 11.6 Å². The summed E-state index contributed by atoms with van der Waals surface area (Å²) in [6, 6.07) is 8.60. The molecule has 0 bridgehead atoms. The van der Waals surface area contributed by atoms with Gasteiger partial charge < -0.3 is 11.1 Å². The van der Waals surface area contributed by atoms with Gasteiger partial charge >= 0.3 is 0 Å². The topological polar surface area (TPSA) is 113 Å². The summed E-state index contributed by atoms with van der Waals surface area (Å²) in [5.41, 5.74) is 6.69. The highest BCUT2D eigenvalue weighted by Crippen LogP contribution is 2.39. The van der Waals surface area contributed by atoms with Crippen molar-refractivity contribution < 1.29 is 4.39 Å². The zero-order valence-corrected chi connectivity index (χ0v) is 15.9. The summed E-state index contributed by atoms with van der Waals surface area (Å²) in [4.78, 5) is 16.7. The molecule has 4 rings (SSSR count). The van der Waals surface area contributed by atoms with Gasteiger partial charge in [-0.1, -0.05) is 17.7 Å². The average Bonchev–Trinajstić information content (AvgIpc) is 3.09.